The van der Waals surface area contributed by atoms with Crippen molar-refractivity contribution in [1.29, 1.82) is 0 Å². The van der Waals surface area contributed by atoms with Gasteiger partial charge in [-0.3, -0.25) is 4.68 Å². The fourth-order valence-corrected chi connectivity index (χ4v) is 1.08. The number of carbonyl (C=O) groups is 1. The summed E-state index contributed by atoms with van der Waals surface area (Å²) in [5, 5.41) is 3.28. The molecule has 0 aliphatic carbocycles. The zero-order valence-corrected chi connectivity index (χ0v) is 8.78. The first-order chi connectivity index (χ1) is 7.36. The number of aromatic nitrogens is 2. The van der Waals surface area contributed by atoms with Crippen LogP contribution in [0.3, 0.4) is 0 Å². The maximum absolute atomic E-state index is 12.2. The van der Waals surface area contributed by atoms with E-state index in [4.69, 9.17) is 0 Å². The molecule has 16 heavy (non-hydrogen) atoms. The molecule has 90 valence electrons. The summed E-state index contributed by atoms with van der Waals surface area (Å²) in [4.78, 5) is 11.2. The molecule has 0 saturated carbocycles. The molecule has 1 aromatic heterocycles. The minimum atomic E-state index is -4.50. The highest BCUT2D eigenvalue weighted by Gasteiger charge is 2.34. The number of hydrogen-bond acceptors (Lipinski definition) is 3. The summed E-state index contributed by atoms with van der Waals surface area (Å²) in [6, 6.07) is -0.0496. The molecule has 1 heterocycles. The maximum atomic E-state index is 12.2. The van der Waals surface area contributed by atoms with Crippen LogP contribution in [0.1, 0.15) is 25.6 Å². The molecule has 0 fully saturated rings. The SMILES string of the molecule is CCOC(=O)C(C)n1ccc(C(F)(F)F)n1. The summed E-state index contributed by atoms with van der Waals surface area (Å²) >= 11 is 0. The van der Waals surface area contributed by atoms with Gasteiger partial charge in [-0.2, -0.15) is 18.3 Å². The highest BCUT2D eigenvalue weighted by Crippen LogP contribution is 2.27. The Morgan fingerprint density at radius 1 is 1.62 bits per heavy atom. The Labute approximate surface area is 90.0 Å². The van der Waals surface area contributed by atoms with Crippen molar-refractivity contribution in [3.63, 3.8) is 0 Å². The van der Waals surface area contributed by atoms with E-state index in [2.05, 4.69) is 9.84 Å². The van der Waals surface area contributed by atoms with E-state index < -0.39 is 23.9 Å². The van der Waals surface area contributed by atoms with Crippen LogP contribution in [-0.2, 0) is 15.7 Å². The number of hydrogen-bond donors (Lipinski definition) is 0. The Morgan fingerprint density at radius 2 is 2.25 bits per heavy atom. The number of esters is 1. The molecule has 1 rings (SSSR count). The van der Waals surface area contributed by atoms with Crippen LogP contribution in [0, 0.1) is 0 Å². The van der Waals surface area contributed by atoms with Crippen LogP contribution in [0.25, 0.3) is 0 Å². The predicted octanol–water partition coefficient (Wildman–Crippen LogP) is 2.03. The van der Waals surface area contributed by atoms with Crippen molar-refractivity contribution in [2.24, 2.45) is 0 Å². The number of halogens is 3. The Hall–Kier alpha value is -1.53. The molecule has 0 aliphatic heterocycles. The molecule has 0 N–H and O–H groups in total. The fraction of sp³-hybridized carbons (Fsp3) is 0.556. The molecule has 1 atom stereocenters. The highest BCUT2D eigenvalue weighted by molar-refractivity contribution is 5.73. The molecule has 0 aromatic carbocycles. The van der Waals surface area contributed by atoms with Crippen molar-refractivity contribution in [2.45, 2.75) is 26.1 Å². The summed E-state index contributed by atoms with van der Waals surface area (Å²) in [5.41, 5.74) is -1.02. The zero-order chi connectivity index (χ0) is 12.3. The van der Waals surface area contributed by atoms with Gasteiger partial charge in [-0.05, 0) is 19.9 Å². The Morgan fingerprint density at radius 3 is 2.69 bits per heavy atom. The molecule has 4 nitrogen and oxygen atoms in total. The first kappa shape index (κ1) is 12.5. The van der Waals surface area contributed by atoms with E-state index in [1.807, 2.05) is 0 Å². The fourth-order valence-electron chi connectivity index (χ4n) is 1.08. The van der Waals surface area contributed by atoms with E-state index in [-0.39, 0.29) is 6.61 Å². The summed E-state index contributed by atoms with van der Waals surface area (Å²) in [6.45, 7) is 3.22. The van der Waals surface area contributed by atoms with E-state index in [1.54, 1.807) is 6.92 Å². The van der Waals surface area contributed by atoms with E-state index in [0.29, 0.717) is 0 Å². The molecule has 1 unspecified atom stereocenters. The third-order valence-electron chi connectivity index (χ3n) is 1.92. The monoisotopic (exact) mass is 236 g/mol. The Bertz CT molecular complexity index is 373. The van der Waals surface area contributed by atoms with Crippen LogP contribution in [0.2, 0.25) is 0 Å². The average molecular weight is 236 g/mol. The lowest BCUT2D eigenvalue weighted by Gasteiger charge is -2.10. The third-order valence-corrected chi connectivity index (χ3v) is 1.92. The lowest BCUT2D eigenvalue weighted by Crippen LogP contribution is -2.20. The second-order valence-corrected chi connectivity index (χ2v) is 3.11. The van der Waals surface area contributed by atoms with Crippen LogP contribution >= 0.6 is 0 Å². The van der Waals surface area contributed by atoms with Crippen LogP contribution in [0.4, 0.5) is 13.2 Å². The van der Waals surface area contributed by atoms with Crippen molar-refractivity contribution in [3.8, 4) is 0 Å². The largest absolute Gasteiger partial charge is 0.464 e. The smallest absolute Gasteiger partial charge is 0.435 e. The van der Waals surface area contributed by atoms with Gasteiger partial charge in [0.15, 0.2) is 5.69 Å². The van der Waals surface area contributed by atoms with E-state index >= 15 is 0 Å². The lowest BCUT2D eigenvalue weighted by molar-refractivity contribution is -0.148. The Balaban J connectivity index is 2.82. The van der Waals surface area contributed by atoms with Crippen molar-refractivity contribution in [3.05, 3.63) is 18.0 Å². The van der Waals surface area contributed by atoms with Crippen LogP contribution in [-0.4, -0.2) is 22.4 Å². The molecular weight excluding hydrogens is 225 g/mol. The van der Waals surface area contributed by atoms with Gasteiger partial charge in [-0.25, -0.2) is 4.79 Å². The van der Waals surface area contributed by atoms with Crippen molar-refractivity contribution in [1.82, 2.24) is 9.78 Å². The van der Waals surface area contributed by atoms with Gasteiger partial charge in [0.2, 0.25) is 0 Å². The van der Waals surface area contributed by atoms with Gasteiger partial charge >= 0.3 is 12.1 Å². The number of carbonyl (C=O) groups excluding carboxylic acids is 1. The molecule has 0 spiro atoms. The third kappa shape index (κ3) is 2.74. The van der Waals surface area contributed by atoms with Gasteiger partial charge in [0.25, 0.3) is 0 Å². The summed E-state index contributed by atoms with van der Waals surface area (Å²) < 4.78 is 42.3. The van der Waals surface area contributed by atoms with Crippen LogP contribution in [0.5, 0.6) is 0 Å². The minimum Gasteiger partial charge on any atom is -0.464 e. The van der Waals surface area contributed by atoms with Gasteiger partial charge < -0.3 is 4.74 Å². The molecule has 0 radical (unpaired) electrons. The molecule has 7 heteroatoms. The molecule has 0 bridgehead atoms. The second kappa shape index (κ2) is 4.54. The normalized spacial score (nSPS) is 13.6. The lowest BCUT2D eigenvalue weighted by atomic mass is 10.3. The standard InChI is InChI=1S/C9H11F3N2O2/c1-3-16-8(15)6(2)14-5-4-7(13-14)9(10,11)12/h4-6H,3H2,1-2H3. The van der Waals surface area contributed by atoms with Crippen molar-refractivity contribution in [2.75, 3.05) is 6.61 Å². The summed E-state index contributed by atoms with van der Waals surface area (Å²) in [6.07, 6.45) is -3.40. The van der Waals surface area contributed by atoms with Gasteiger partial charge in [-0.15, -0.1) is 0 Å². The van der Waals surface area contributed by atoms with E-state index in [1.165, 1.54) is 6.92 Å². The average Bonchev–Trinajstić information content (AvgIpc) is 2.65. The van der Waals surface area contributed by atoms with Crippen LogP contribution < -0.4 is 0 Å². The molecular formula is C9H11F3N2O2. The topological polar surface area (TPSA) is 44.1 Å². The van der Waals surface area contributed by atoms with E-state index in [0.717, 1.165) is 16.9 Å². The first-order valence-corrected chi connectivity index (χ1v) is 4.65. The van der Waals surface area contributed by atoms with Gasteiger partial charge in [-0.1, -0.05) is 0 Å². The molecule has 0 aliphatic rings. The van der Waals surface area contributed by atoms with Gasteiger partial charge in [0.05, 0.1) is 6.61 Å². The number of rotatable bonds is 3. The van der Waals surface area contributed by atoms with Gasteiger partial charge in [0, 0.05) is 6.20 Å². The highest BCUT2D eigenvalue weighted by atomic mass is 19.4. The Kier molecular flexibility index (Phi) is 3.56. The van der Waals surface area contributed by atoms with Crippen molar-refractivity contribution >= 4 is 5.97 Å². The maximum Gasteiger partial charge on any atom is 0.435 e. The van der Waals surface area contributed by atoms with Gasteiger partial charge in [0.1, 0.15) is 6.04 Å². The number of nitrogens with zero attached hydrogens (tertiary/aromatic N) is 2. The predicted molar refractivity (Wildman–Crippen MR) is 48.6 cm³/mol. The summed E-state index contributed by atoms with van der Waals surface area (Å²) in [5.74, 6) is -0.612. The van der Waals surface area contributed by atoms with Crippen molar-refractivity contribution < 1.29 is 22.7 Å². The summed E-state index contributed by atoms with van der Waals surface area (Å²) in [7, 11) is 0. The quantitative estimate of drug-likeness (QED) is 0.754. The minimum absolute atomic E-state index is 0.177. The molecule has 0 amide bonds. The molecule has 0 saturated heterocycles. The second-order valence-electron chi connectivity index (χ2n) is 3.11. The molecule has 1 aromatic rings. The van der Waals surface area contributed by atoms with E-state index in [9.17, 15) is 18.0 Å². The number of ether oxygens (including phenoxy) is 1. The van der Waals surface area contributed by atoms with Crippen LogP contribution in [0.15, 0.2) is 12.3 Å². The first-order valence-electron chi connectivity index (χ1n) is 4.65. The zero-order valence-electron chi connectivity index (χ0n) is 8.78. The number of alkyl halides is 3.